The topological polar surface area (TPSA) is 107 Å². The van der Waals surface area contributed by atoms with E-state index in [4.69, 9.17) is 11.5 Å². The van der Waals surface area contributed by atoms with Gasteiger partial charge in [0.25, 0.3) is 0 Å². The van der Waals surface area contributed by atoms with Crippen molar-refractivity contribution in [2.45, 2.75) is 25.3 Å². The molecule has 0 aliphatic heterocycles. The predicted octanol–water partition coefficient (Wildman–Crippen LogP) is 1.36. The van der Waals surface area contributed by atoms with E-state index in [1.54, 1.807) is 0 Å². The summed E-state index contributed by atoms with van der Waals surface area (Å²) in [7, 11) is 0. The van der Waals surface area contributed by atoms with Crippen LogP contribution in [0.25, 0.3) is 0 Å². The quantitative estimate of drug-likeness (QED) is 0.415. The van der Waals surface area contributed by atoms with E-state index in [-0.39, 0.29) is 0 Å². The smallest absolute Gasteiger partial charge is 0.375 e. The van der Waals surface area contributed by atoms with Crippen LogP contribution in [-0.2, 0) is 9.53 Å². The summed E-state index contributed by atoms with van der Waals surface area (Å²) in [6.07, 6.45) is 0.894. The van der Waals surface area contributed by atoms with E-state index in [0.29, 0.717) is 25.1 Å². The van der Waals surface area contributed by atoms with Gasteiger partial charge in [0.05, 0.1) is 0 Å². The van der Waals surface area contributed by atoms with Crippen LogP contribution in [0.5, 0.6) is 0 Å². The zero-order valence-electron chi connectivity index (χ0n) is 11.0. The van der Waals surface area contributed by atoms with Crippen molar-refractivity contribution in [1.82, 2.24) is 0 Å². The highest BCUT2D eigenvalue weighted by Crippen LogP contribution is 2.09. The second-order valence-electron chi connectivity index (χ2n) is 4.23. The molecule has 0 radical (unpaired) electrons. The van der Waals surface area contributed by atoms with E-state index in [1.807, 2.05) is 0 Å². The number of amides is 1. The summed E-state index contributed by atoms with van der Waals surface area (Å²) in [5, 5.41) is 2.30. The summed E-state index contributed by atoms with van der Waals surface area (Å²) in [6, 6.07) is 4.19. The van der Waals surface area contributed by atoms with Gasteiger partial charge in [-0.05, 0) is 43.7 Å². The molecule has 0 aromatic heterocycles. The first-order valence-corrected chi connectivity index (χ1v) is 6.27. The van der Waals surface area contributed by atoms with Gasteiger partial charge in [0.2, 0.25) is 0 Å². The van der Waals surface area contributed by atoms with Gasteiger partial charge in [-0.25, -0.2) is 14.0 Å². The average Bonchev–Trinajstić information content (AvgIpc) is 2.41. The number of anilines is 1. The predicted molar refractivity (Wildman–Crippen MR) is 72.4 cm³/mol. The van der Waals surface area contributed by atoms with Crippen molar-refractivity contribution in [2.75, 3.05) is 11.9 Å². The third-order valence-electron chi connectivity index (χ3n) is 2.56. The Morgan fingerprint density at radius 2 is 1.90 bits per heavy atom. The Balaban J connectivity index is 2.37. The second kappa shape index (κ2) is 8.23. The zero-order valence-corrected chi connectivity index (χ0v) is 11.0. The molecule has 0 saturated carbocycles. The van der Waals surface area contributed by atoms with Crippen LogP contribution in [0.2, 0.25) is 0 Å². The number of unbranched alkanes of at least 4 members (excludes halogenated alkanes) is 1. The number of hydrogen-bond donors (Lipinski definition) is 3. The fourth-order valence-electron chi connectivity index (χ4n) is 1.47. The van der Waals surface area contributed by atoms with Gasteiger partial charge >= 0.3 is 12.1 Å². The number of nitrogens with two attached hydrogens (primary N) is 2. The number of hydrogen-bond acceptors (Lipinski definition) is 5. The molecule has 1 aromatic rings. The lowest BCUT2D eigenvalue weighted by molar-refractivity contribution is -0.138. The first-order chi connectivity index (χ1) is 9.52. The number of nitrogens with one attached hydrogen (secondary N) is 1. The van der Waals surface area contributed by atoms with Crippen LogP contribution in [-0.4, -0.2) is 24.6 Å². The molecule has 0 aliphatic rings. The minimum Gasteiger partial charge on any atom is -0.375 e. The van der Waals surface area contributed by atoms with Gasteiger partial charge in [0, 0.05) is 5.69 Å². The minimum atomic E-state index is -0.948. The lowest BCUT2D eigenvalue weighted by Crippen LogP contribution is -2.35. The SMILES string of the molecule is NCCCC[C@H](N)C(=O)OC(=O)Nc1ccc(F)cc1. The maximum absolute atomic E-state index is 12.7. The maximum Gasteiger partial charge on any atom is 0.419 e. The highest BCUT2D eigenvalue weighted by Gasteiger charge is 2.18. The molecule has 5 N–H and O–H groups in total. The highest BCUT2D eigenvalue weighted by atomic mass is 19.1. The largest absolute Gasteiger partial charge is 0.419 e. The van der Waals surface area contributed by atoms with Crippen LogP contribution in [0.1, 0.15) is 19.3 Å². The number of rotatable bonds is 6. The Labute approximate surface area is 116 Å². The average molecular weight is 283 g/mol. The van der Waals surface area contributed by atoms with Crippen LogP contribution in [0.4, 0.5) is 14.9 Å². The molecule has 20 heavy (non-hydrogen) atoms. The monoisotopic (exact) mass is 283 g/mol. The first kappa shape index (κ1) is 16.1. The van der Waals surface area contributed by atoms with E-state index < -0.39 is 23.9 Å². The van der Waals surface area contributed by atoms with Crippen molar-refractivity contribution in [3.63, 3.8) is 0 Å². The third kappa shape index (κ3) is 5.77. The van der Waals surface area contributed by atoms with Gasteiger partial charge < -0.3 is 16.2 Å². The molecule has 0 unspecified atom stereocenters. The molecule has 110 valence electrons. The van der Waals surface area contributed by atoms with Crippen molar-refractivity contribution in [1.29, 1.82) is 0 Å². The molecule has 0 bridgehead atoms. The third-order valence-corrected chi connectivity index (χ3v) is 2.56. The summed E-state index contributed by atoms with van der Waals surface area (Å²) in [4.78, 5) is 22.9. The standard InChI is InChI=1S/C13H18FN3O3/c14-9-4-6-10(7-5-9)17-13(19)20-12(18)11(16)3-1-2-8-15/h4-7,11H,1-3,8,15-16H2,(H,17,19)/t11-/m0/s1. The summed E-state index contributed by atoms with van der Waals surface area (Å²) in [6.45, 7) is 0.521. The van der Waals surface area contributed by atoms with Crippen molar-refractivity contribution in [2.24, 2.45) is 11.5 Å². The van der Waals surface area contributed by atoms with Crippen molar-refractivity contribution >= 4 is 17.7 Å². The first-order valence-electron chi connectivity index (χ1n) is 6.27. The number of halogens is 1. The molecule has 0 saturated heterocycles. The van der Waals surface area contributed by atoms with Crippen molar-refractivity contribution in [3.8, 4) is 0 Å². The molecule has 1 atom stereocenters. The lowest BCUT2D eigenvalue weighted by Gasteiger charge is -2.10. The molecule has 6 nitrogen and oxygen atoms in total. The Morgan fingerprint density at radius 3 is 2.50 bits per heavy atom. The summed E-state index contributed by atoms with van der Waals surface area (Å²) in [5.74, 6) is -1.23. The second-order valence-corrected chi connectivity index (χ2v) is 4.23. The molecule has 0 heterocycles. The van der Waals surface area contributed by atoms with Crippen LogP contribution in [0.3, 0.4) is 0 Å². The van der Waals surface area contributed by atoms with E-state index in [1.165, 1.54) is 24.3 Å². The van der Waals surface area contributed by atoms with Crippen LogP contribution < -0.4 is 16.8 Å². The Bertz CT molecular complexity index is 451. The molecular weight excluding hydrogens is 265 g/mol. The van der Waals surface area contributed by atoms with Gasteiger partial charge in [-0.15, -0.1) is 0 Å². The number of carbonyl (C=O) groups is 2. The van der Waals surface area contributed by atoms with E-state index in [0.717, 1.165) is 6.42 Å². The molecule has 0 spiro atoms. The molecule has 1 rings (SSSR count). The lowest BCUT2D eigenvalue weighted by atomic mass is 10.1. The van der Waals surface area contributed by atoms with Gasteiger partial charge in [0.15, 0.2) is 0 Å². The molecule has 1 amide bonds. The van der Waals surface area contributed by atoms with Crippen LogP contribution in [0, 0.1) is 5.82 Å². The van der Waals surface area contributed by atoms with Gasteiger partial charge in [-0.1, -0.05) is 6.42 Å². The Hall–Kier alpha value is -1.99. The fourth-order valence-corrected chi connectivity index (χ4v) is 1.47. The number of ether oxygens (including phenoxy) is 1. The van der Waals surface area contributed by atoms with Crippen LogP contribution >= 0.6 is 0 Å². The van der Waals surface area contributed by atoms with Gasteiger partial charge in [-0.2, -0.15) is 0 Å². The fraction of sp³-hybridized carbons (Fsp3) is 0.385. The summed E-state index contributed by atoms with van der Waals surface area (Å²) in [5.41, 5.74) is 11.2. The van der Waals surface area contributed by atoms with Crippen LogP contribution in [0.15, 0.2) is 24.3 Å². The summed E-state index contributed by atoms with van der Waals surface area (Å²) < 4.78 is 17.2. The Morgan fingerprint density at radius 1 is 1.25 bits per heavy atom. The van der Waals surface area contributed by atoms with E-state index >= 15 is 0 Å². The van der Waals surface area contributed by atoms with E-state index in [2.05, 4.69) is 10.1 Å². The van der Waals surface area contributed by atoms with Crippen molar-refractivity contribution in [3.05, 3.63) is 30.1 Å². The Kier molecular flexibility index (Phi) is 6.61. The summed E-state index contributed by atoms with van der Waals surface area (Å²) >= 11 is 0. The van der Waals surface area contributed by atoms with E-state index in [9.17, 15) is 14.0 Å². The van der Waals surface area contributed by atoms with Gasteiger partial charge in [-0.3, -0.25) is 5.32 Å². The molecule has 7 heteroatoms. The maximum atomic E-state index is 12.7. The number of carbonyl (C=O) groups excluding carboxylic acids is 2. The number of esters is 1. The molecule has 0 fully saturated rings. The molecule has 0 aliphatic carbocycles. The zero-order chi connectivity index (χ0) is 15.0. The number of benzene rings is 1. The van der Waals surface area contributed by atoms with Gasteiger partial charge in [0.1, 0.15) is 11.9 Å². The van der Waals surface area contributed by atoms with Crippen molar-refractivity contribution < 1.29 is 18.7 Å². The normalized spacial score (nSPS) is 11.8. The molecular formula is C13H18FN3O3. The highest BCUT2D eigenvalue weighted by molar-refractivity contribution is 5.94. The molecule has 1 aromatic carbocycles. The minimum absolute atomic E-state index is 0.320.